The number of rotatable bonds is 6. The van der Waals surface area contributed by atoms with Gasteiger partial charge in [0, 0.05) is 37.1 Å². The number of imidazole rings is 2. The van der Waals surface area contributed by atoms with Crippen molar-refractivity contribution in [3.05, 3.63) is 47.6 Å². The predicted octanol–water partition coefficient (Wildman–Crippen LogP) is 2.26. The number of hydrogen-bond donors (Lipinski definition) is 1. The summed E-state index contributed by atoms with van der Waals surface area (Å²) in [6.07, 6.45) is 7.85. The van der Waals surface area contributed by atoms with Crippen molar-refractivity contribution in [2.45, 2.75) is 59.2 Å². The molecule has 3 aromatic heterocycles. The third-order valence-corrected chi connectivity index (χ3v) is 5.67. The van der Waals surface area contributed by atoms with Crippen molar-refractivity contribution in [1.82, 2.24) is 39.2 Å². The molecule has 4 heterocycles. The average molecular weight is 368 g/mol. The number of aromatic amines is 1. The third kappa shape index (κ3) is 3.66. The second kappa shape index (κ2) is 7.64. The van der Waals surface area contributed by atoms with E-state index in [1.807, 2.05) is 19.3 Å². The number of hydrogen-bond acceptors (Lipinski definition) is 5. The predicted molar refractivity (Wildman–Crippen MR) is 102 cm³/mol. The van der Waals surface area contributed by atoms with E-state index < -0.39 is 0 Å². The molecular weight excluding hydrogens is 340 g/mol. The van der Waals surface area contributed by atoms with Crippen molar-refractivity contribution in [3.8, 4) is 0 Å². The van der Waals surface area contributed by atoms with E-state index in [0.717, 1.165) is 68.7 Å². The van der Waals surface area contributed by atoms with Crippen molar-refractivity contribution in [3.63, 3.8) is 0 Å². The van der Waals surface area contributed by atoms with Gasteiger partial charge in [0.25, 0.3) is 0 Å². The monoisotopic (exact) mass is 368 g/mol. The van der Waals surface area contributed by atoms with Gasteiger partial charge in [0.1, 0.15) is 11.6 Å². The molecule has 1 fully saturated rings. The summed E-state index contributed by atoms with van der Waals surface area (Å²) in [4.78, 5) is 14.4. The number of aryl methyl sites for hydroxylation is 2. The number of nitrogens with one attached hydrogen (secondary N) is 1. The molecule has 4 rings (SSSR count). The van der Waals surface area contributed by atoms with Crippen LogP contribution in [0.4, 0.5) is 0 Å². The summed E-state index contributed by atoms with van der Waals surface area (Å²) in [5, 5.41) is 9.09. The number of H-pyrrole nitrogens is 1. The van der Waals surface area contributed by atoms with Gasteiger partial charge in [0.05, 0.1) is 18.6 Å². The van der Waals surface area contributed by atoms with Gasteiger partial charge in [-0.3, -0.25) is 4.90 Å². The maximum atomic E-state index is 4.58. The summed E-state index contributed by atoms with van der Waals surface area (Å²) in [6.45, 7) is 11.0. The molecule has 0 aromatic carbocycles. The van der Waals surface area contributed by atoms with Gasteiger partial charge in [-0.25, -0.2) is 9.97 Å². The molecule has 0 unspecified atom stereocenters. The van der Waals surface area contributed by atoms with Crippen LogP contribution < -0.4 is 0 Å². The molecule has 8 nitrogen and oxygen atoms in total. The van der Waals surface area contributed by atoms with Crippen molar-refractivity contribution in [2.75, 3.05) is 13.1 Å². The molecule has 0 aliphatic carbocycles. The van der Waals surface area contributed by atoms with E-state index in [1.165, 1.54) is 5.69 Å². The van der Waals surface area contributed by atoms with E-state index in [-0.39, 0.29) is 0 Å². The lowest BCUT2D eigenvalue weighted by Crippen LogP contribution is -2.33. The molecule has 0 bridgehead atoms. The number of nitrogens with zero attached hydrogens (tertiary/aromatic N) is 7. The van der Waals surface area contributed by atoms with E-state index in [9.17, 15) is 0 Å². The Balaban J connectivity index is 1.42. The van der Waals surface area contributed by atoms with Crippen LogP contribution in [0.15, 0.2) is 18.7 Å². The Morgan fingerprint density at radius 1 is 1.11 bits per heavy atom. The highest BCUT2D eigenvalue weighted by Crippen LogP contribution is 2.28. The summed E-state index contributed by atoms with van der Waals surface area (Å²) in [7, 11) is 0. The molecule has 1 aliphatic heterocycles. The van der Waals surface area contributed by atoms with E-state index in [4.69, 9.17) is 0 Å². The van der Waals surface area contributed by atoms with Gasteiger partial charge in [-0.2, -0.15) is 0 Å². The number of likely N-dealkylation sites (tertiary alicyclic amines) is 1. The minimum absolute atomic E-state index is 0.478. The molecule has 144 valence electrons. The van der Waals surface area contributed by atoms with E-state index in [1.54, 1.807) is 6.33 Å². The van der Waals surface area contributed by atoms with E-state index in [2.05, 4.69) is 53.0 Å². The molecule has 3 aromatic rings. The summed E-state index contributed by atoms with van der Waals surface area (Å²) in [6, 6.07) is 0. The molecule has 0 radical (unpaired) electrons. The first-order valence-electron chi connectivity index (χ1n) is 9.76. The van der Waals surface area contributed by atoms with Crippen molar-refractivity contribution in [1.29, 1.82) is 0 Å². The quantitative estimate of drug-likeness (QED) is 0.722. The molecule has 0 spiro atoms. The first kappa shape index (κ1) is 17.9. The lowest BCUT2D eigenvalue weighted by atomic mass is 9.95. The van der Waals surface area contributed by atoms with Crippen LogP contribution >= 0.6 is 0 Å². The molecule has 8 heteroatoms. The molecular formula is C19H28N8. The highest BCUT2D eigenvalue weighted by molar-refractivity contribution is 5.09. The van der Waals surface area contributed by atoms with Crippen LogP contribution in [0.3, 0.4) is 0 Å². The average Bonchev–Trinajstić information content (AvgIpc) is 3.38. The maximum Gasteiger partial charge on any atom is 0.153 e. The summed E-state index contributed by atoms with van der Waals surface area (Å²) in [5.74, 6) is 3.64. The Morgan fingerprint density at radius 3 is 2.56 bits per heavy atom. The SMILES string of the molecule is CCn1c(Cn2ccnc2C)nnc1C1CCN(Cc2nc[nH]c2C)CC1. The largest absolute Gasteiger partial charge is 0.348 e. The topological polar surface area (TPSA) is 80.4 Å². The second-order valence-electron chi connectivity index (χ2n) is 7.35. The molecule has 0 saturated carbocycles. The third-order valence-electron chi connectivity index (χ3n) is 5.67. The second-order valence-corrected chi connectivity index (χ2v) is 7.35. The van der Waals surface area contributed by atoms with Gasteiger partial charge in [0.15, 0.2) is 5.82 Å². The molecule has 1 N–H and O–H groups in total. The van der Waals surface area contributed by atoms with Gasteiger partial charge < -0.3 is 14.1 Å². The van der Waals surface area contributed by atoms with Crippen LogP contribution in [0.5, 0.6) is 0 Å². The molecule has 1 saturated heterocycles. The van der Waals surface area contributed by atoms with Crippen molar-refractivity contribution >= 4 is 0 Å². The fourth-order valence-corrected chi connectivity index (χ4v) is 3.94. The van der Waals surface area contributed by atoms with Gasteiger partial charge in [0.2, 0.25) is 0 Å². The Labute approximate surface area is 159 Å². The zero-order valence-corrected chi connectivity index (χ0v) is 16.4. The Hall–Kier alpha value is -2.48. The van der Waals surface area contributed by atoms with Gasteiger partial charge in [-0.1, -0.05) is 0 Å². The van der Waals surface area contributed by atoms with Crippen LogP contribution in [-0.2, 0) is 19.6 Å². The minimum Gasteiger partial charge on any atom is -0.348 e. The fraction of sp³-hybridized carbons (Fsp3) is 0.579. The molecule has 0 atom stereocenters. The van der Waals surface area contributed by atoms with Gasteiger partial charge >= 0.3 is 0 Å². The first-order chi connectivity index (χ1) is 13.2. The fourth-order valence-electron chi connectivity index (χ4n) is 3.94. The van der Waals surface area contributed by atoms with Gasteiger partial charge in [-0.15, -0.1) is 10.2 Å². The normalized spacial score (nSPS) is 16.3. The minimum atomic E-state index is 0.478. The van der Waals surface area contributed by atoms with Crippen LogP contribution in [0.2, 0.25) is 0 Å². The van der Waals surface area contributed by atoms with Crippen LogP contribution in [0.25, 0.3) is 0 Å². The Morgan fingerprint density at radius 2 is 1.93 bits per heavy atom. The zero-order chi connectivity index (χ0) is 18.8. The van der Waals surface area contributed by atoms with Crippen molar-refractivity contribution in [2.24, 2.45) is 0 Å². The molecule has 0 amide bonds. The lowest BCUT2D eigenvalue weighted by molar-refractivity contribution is 0.198. The zero-order valence-electron chi connectivity index (χ0n) is 16.4. The van der Waals surface area contributed by atoms with E-state index >= 15 is 0 Å². The molecule has 27 heavy (non-hydrogen) atoms. The van der Waals surface area contributed by atoms with E-state index in [0.29, 0.717) is 5.92 Å². The Bertz CT molecular complexity index is 881. The Kier molecular flexibility index (Phi) is 5.07. The summed E-state index contributed by atoms with van der Waals surface area (Å²) < 4.78 is 4.41. The van der Waals surface area contributed by atoms with Crippen molar-refractivity contribution < 1.29 is 0 Å². The number of aromatic nitrogens is 7. The highest BCUT2D eigenvalue weighted by Gasteiger charge is 2.26. The summed E-state index contributed by atoms with van der Waals surface area (Å²) >= 11 is 0. The standard InChI is InChI=1S/C19H28N8/c1-4-27-18(12-26-10-7-20-15(26)3)23-24-19(27)16-5-8-25(9-6-16)11-17-14(2)21-13-22-17/h7,10,13,16H,4-6,8-9,11-12H2,1-3H3,(H,21,22). The smallest absolute Gasteiger partial charge is 0.153 e. The molecule has 1 aliphatic rings. The first-order valence-corrected chi connectivity index (χ1v) is 9.76. The maximum absolute atomic E-state index is 4.58. The lowest BCUT2D eigenvalue weighted by Gasteiger charge is -2.31. The van der Waals surface area contributed by atoms with Crippen LogP contribution in [0.1, 0.15) is 54.5 Å². The summed E-state index contributed by atoms with van der Waals surface area (Å²) in [5.41, 5.74) is 2.32. The van der Waals surface area contributed by atoms with Gasteiger partial charge in [-0.05, 0) is 46.7 Å². The van der Waals surface area contributed by atoms with Crippen LogP contribution in [0, 0.1) is 13.8 Å². The van der Waals surface area contributed by atoms with Crippen LogP contribution in [-0.4, -0.2) is 52.3 Å². The highest BCUT2D eigenvalue weighted by atomic mass is 15.3. The number of piperidine rings is 1.